The SMILES string of the molecule is CCOC(=O)[C@H](Cc1ccc(C)cc1)NC(=O)C(CC(C)C)C(C)C. The number of aryl methyl sites for hydroxylation is 1. The van der Waals surface area contributed by atoms with Crippen LogP contribution in [0, 0.1) is 24.7 Å². The summed E-state index contributed by atoms with van der Waals surface area (Å²) in [6, 6.07) is 7.34. The highest BCUT2D eigenvalue weighted by Gasteiger charge is 2.28. The van der Waals surface area contributed by atoms with Crippen LogP contribution in [0.1, 0.15) is 52.2 Å². The van der Waals surface area contributed by atoms with Crippen molar-refractivity contribution in [3.63, 3.8) is 0 Å². The van der Waals surface area contributed by atoms with Gasteiger partial charge in [0, 0.05) is 12.3 Å². The summed E-state index contributed by atoms with van der Waals surface area (Å²) < 4.78 is 5.17. The third-order valence-corrected chi connectivity index (χ3v) is 4.31. The lowest BCUT2D eigenvalue weighted by Crippen LogP contribution is -2.47. The van der Waals surface area contributed by atoms with Crippen LogP contribution in [0.4, 0.5) is 0 Å². The second kappa shape index (κ2) is 10.2. The molecule has 25 heavy (non-hydrogen) atoms. The van der Waals surface area contributed by atoms with Crippen molar-refractivity contribution < 1.29 is 14.3 Å². The average molecular weight is 347 g/mol. The smallest absolute Gasteiger partial charge is 0.328 e. The molecule has 0 aliphatic heterocycles. The van der Waals surface area contributed by atoms with Gasteiger partial charge in [0.25, 0.3) is 0 Å². The molecule has 0 radical (unpaired) electrons. The van der Waals surface area contributed by atoms with E-state index in [1.54, 1.807) is 6.92 Å². The maximum atomic E-state index is 12.8. The van der Waals surface area contributed by atoms with Gasteiger partial charge < -0.3 is 10.1 Å². The van der Waals surface area contributed by atoms with E-state index in [2.05, 4.69) is 19.2 Å². The van der Waals surface area contributed by atoms with Crippen molar-refractivity contribution >= 4 is 11.9 Å². The van der Waals surface area contributed by atoms with E-state index in [1.165, 1.54) is 0 Å². The molecule has 1 aromatic rings. The van der Waals surface area contributed by atoms with Crippen molar-refractivity contribution in [1.29, 1.82) is 0 Å². The third kappa shape index (κ3) is 7.29. The van der Waals surface area contributed by atoms with Crippen molar-refractivity contribution in [3.05, 3.63) is 35.4 Å². The first-order valence-corrected chi connectivity index (χ1v) is 9.27. The molecule has 0 aromatic heterocycles. The maximum Gasteiger partial charge on any atom is 0.328 e. The van der Waals surface area contributed by atoms with Crippen LogP contribution in [-0.4, -0.2) is 24.5 Å². The molecule has 4 heteroatoms. The van der Waals surface area contributed by atoms with Gasteiger partial charge in [-0.25, -0.2) is 4.79 Å². The van der Waals surface area contributed by atoms with Gasteiger partial charge in [0.15, 0.2) is 0 Å². The monoisotopic (exact) mass is 347 g/mol. The van der Waals surface area contributed by atoms with Gasteiger partial charge >= 0.3 is 5.97 Å². The summed E-state index contributed by atoms with van der Waals surface area (Å²) in [6.45, 7) is 12.4. The molecule has 0 spiro atoms. The zero-order valence-corrected chi connectivity index (χ0v) is 16.5. The van der Waals surface area contributed by atoms with Gasteiger partial charge in [0.05, 0.1) is 6.61 Å². The Labute approximate surface area is 152 Å². The summed E-state index contributed by atoms with van der Waals surface area (Å²) in [7, 11) is 0. The predicted octanol–water partition coefficient (Wildman–Crippen LogP) is 3.90. The van der Waals surface area contributed by atoms with Gasteiger partial charge in [0.2, 0.25) is 5.91 Å². The Hall–Kier alpha value is -1.84. The molecule has 0 bridgehead atoms. The van der Waals surface area contributed by atoms with E-state index in [9.17, 15) is 9.59 Å². The van der Waals surface area contributed by atoms with E-state index in [4.69, 9.17) is 4.74 Å². The fraction of sp³-hybridized carbons (Fsp3) is 0.619. The molecule has 1 unspecified atom stereocenters. The largest absolute Gasteiger partial charge is 0.464 e. The third-order valence-electron chi connectivity index (χ3n) is 4.31. The van der Waals surface area contributed by atoms with Gasteiger partial charge in [-0.2, -0.15) is 0 Å². The minimum Gasteiger partial charge on any atom is -0.464 e. The summed E-state index contributed by atoms with van der Waals surface area (Å²) in [5, 5.41) is 2.94. The number of carbonyl (C=O) groups excluding carboxylic acids is 2. The molecule has 0 saturated carbocycles. The van der Waals surface area contributed by atoms with Crippen molar-refractivity contribution in [2.24, 2.45) is 17.8 Å². The summed E-state index contributed by atoms with van der Waals surface area (Å²) in [5.41, 5.74) is 2.17. The standard InChI is InChI=1S/C21H33NO3/c1-7-25-21(24)19(13-17-10-8-16(6)9-11-17)22-20(23)18(15(4)5)12-14(2)3/h8-11,14-15,18-19H,7,12-13H2,1-6H3,(H,22,23)/t18?,19-/m0/s1. The van der Waals surface area contributed by atoms with E-state index >= 15 is 0 Å². The van der Waals surface area contributed by atoms with Crippen molar-refractivity contribution in [3.8, 4) is 0 Å². The molecule has 0 fully saturated rings. The first kappa shape index (κ1) is 21.2. The molecule has 0 aliphatic rings. The molecule has 0 heterocycles. The molecular weight excluding hydrogens is 314 g/mol. The fourth-order valence-corrected chi connectivity index (χ4v) is 2.86. The summed E-state index contributed by atoms with van der Waals surface area (Å²) in [5.74, 6) is 0.119. The zero-order chi connectivity index (χ0) is 19.0. The van der Waals surface area contributed by atoms with Crippen LogP contribution in [0.15, 0.2) is 24.3 Å². The highest BCUT2D eigenvalue weighted by Crippen LogP contribution is 2.21. The molecule has 4 nitrogen and oxygen atoms in total. The number of nitrogens with one attached hydrogen (secondary N) is 1. The Kier molecular flexibility index (Phi) is 8.67. The second-order valence-electron chi connectivity index (χ2n) is 7.48. The highest BCUT2D eigenvalue weighted by atomic mass is 16.5. The van der Waals surface area contributed by atoms with E-state index in [0.29, 0.717) is 18.9 Å². The molecule has 0 aliphatic carbocycles. The fourth-order valence-electron chi connectivity index (χ4n) is 2.86. The lowest BCUT2D eigenvalue weighted by atomic mass is 9.86. The van der Waals surface area contributed by atoms with E-state index in [0.717, 1.165) is 17.5 Å². The number of ether oxygens (including phenoxy) is 1. The molecule has 0 saturated heterocycles. The van der Waals surface area contributed by atoms with Gasteiger partial charge in [-0.05, 0) is 37.7 Å². The lowest BCUT2D eigenvalue weighted by Gasteiger charge is -2.25. The van der Waals surface area contributed by atoms with E-state index < -0.39 is 6.04 Å². The molecule has 1 rings (SSSR count). The molecule has 1 aromatic carbocycles. The lowest BCUT2D eigenvalue weighted by molar-refractivity contribution is -0.148. The predicted molar refractivity (Wildman–Crippen MR) is 101 cm³/mol. The van der Waals surface area contributed by atoms with Crippen LogP contribution < -0.4 is 5.32 Å². The Morgan fingerprint density at radius 3 is 2.16 bits per heavy atom. The first-order valence-electron chi connectivity index (χ1n) is 9.27. The number of rotatable bonds is 9. The van der Waals surface area contributed by atoms with Crippen molar-refractivity contribution in [1.82, 2.24) is 5.32 Å². The van der Waals surface area contributed by atoms with E-state index in [1.807, 2.05) is 45.0 Å². The Morgan fingerprint density at radius 1 is 1.08 bits per heavy atom. The molecule has 140 valence electrons. The van der Waals surface area contributed by atoms with Gasteiger partial charge in [-0.1, -0.05) is 57.5 Å². The first-order chi connectivity index (χ1) is 11.7. The van der Waals surface area contributed by atoms with Crippen molar-refractivity contribution in [2.75, 3.05) is 6.61 Å². The maximum absolute atomic E-state index is 12.8. The number of benzene rings is 1. The van der Waals surface area contributed by atoms with Gasteiger partial charge in [-0.15, -0.1) is 0 Å². The Balaban J connectivity index is 2.89. The van der Waals surface area contributed by atoms with Crippen LogP contribution in [-0.2, 0) is 20.7 Å². The average Bonchev–Trinajstić information content (AvgIpc) is 2.53. The Bertz CT molecular complexity index is 549. The number of hydrogen-bond acceptors (Lipinski definition) is 3. The van der Waals surface area contributed by atoms with Crippen LogP contribution in [0.5, 0.6) is 0 Å². The topological polar surface area (TPSA) is 55.4 Å². The van der Waals surface area contributed by atoms with Gasteiger partial charge in [0.1, 0.15) is 6.04 Å². The van der Waals surface area contributed by atoms with Gasteiger partial charge in [-0.3, -0.25) is 4.79 Å². The van der Waals surface area contributed by atoms with Crippen molar-refractivity contribution in [2.45, 2.75) is 60.4 Å². The minimum atomic E-state index is -0.649. The number of carbonyl (C=O) groups is 2. The van der Waals surface area contributed by atoms with E-state index in [-0.39, 0.29) is 23.7 Å². The second-order valence-corrected chi connectivity index (χ2v) is 7.48. The number of esters is 1. The quantitative estimate of drug-likeness (QED) is 0.689. The summed E-state index contributed by atoms with van der Waals surface area (Å²) in [4.78, 5) is 25.1. The normalized spacial score (nSPS) is 13.6. The molecule has 1 amide bonds. The zero-order valence-electron chi connectivity index (χ0n) is 16.5. The number of amides is 1. The highest BCUT2D eigenvalue weighted by molar-refractivity contribution is 5.86. The minimum absolute atomic E-state index is 0.0612. The Morgan fingerprint density at radius 2 is 1.68 bits per heavy atom. The summed E-state index contributed by atoms with van der Waals surface area (Å²) in [6.07, 6.45) is 1.25. The summed E-state index contributed by atoms with van der Waals surface area (Å²) >= 11 is 0. The molecule has 2 atom stereocenters. The molecular formula is C21H33NO3. The van der Waals surface area contributed by atoms with Crippen LogP contribution in [0.3, 0.4) is 0 Å². The number of hydrogen-bond donors (Lipinski definition) is 1. The van der Waals surface area contributed by atoms with Crippen LogP contribution in [0.2, 0.25) is 0 Å². The van der Waals surface area contributed by atoms with Crippen LogP contribution in [0.25, 0.3) is 0 Å². The molecule has 1 N–H and O–H groups in total. The van der Waals surface area contributed by atoms with Crippen LogP contribution >= 0.6 is 0 Å².